The maximum Gasteiger partial charge on any atom is 0.341 e. The molecule has 0 radical (unpaired) electrons. The fourth-order valence-corrected chi connectivity index (χ4v) is 2.98. The number of carbonyl (C=O) groups is 2. The molecule has 10 nitrogen and oxygen atoms in total. The second-order valence-electron chi connectivity index (χ2n) is 6.46. The minimum atomic E-state index is -0.824. The number of nitrogens with zero attached hydrogens (tertiary/aromatic N) is 3. The van der Waals surface area contributed by atoms with Crippen molar-refractivity contribution in [3.8, 4) is 0 Å². The Morgan fingerprint density at radius 3 is 2.67 bits per heavy atom. The highest BCUT2D eigenvalue weighted by molar-refractivity contribution is 6.32. The Balaban J connectivity index is 2.32. The van der Waals surface area contributed by atoms with Crippen LogP contribution in [0.25, 0.3) is 0 Å². The van der Waals surface area contributed by atoms with E-state index in [9.17, 15) is 19.2 Å². The van der Waals surface area contributed by atoms with Crippen LogP contribution in [0.5, 0.6) is 0 Å². The summed E-state index contributed by atoms with van der Waals surface area (Å²) in [6.07, 6.45) is 3.32. The number of hydrogen-bond acceptors (Lipinski definition) is 7. The molecule has 0 aliphatic heterocycles. The first-order valence-corrected chi connectivity index (χ1v) is 9.90. The van der Waals surface area contributed by atoms with Crippen LogP contribution in [-0.4, -0.2) is 39.6 Å². The molecular weight excluding hydrogens is 414 g/mol. The summed E-state index contributed by atoms with van der Waals surface area (Å²) in [6.45, 7) is 3.56. The highest BCUT2D eigenvalue weighted by Crippen LogP contribution is 2.19. The van der Waals surface area contributed by atoms with Gasteiger partial charge in [0.25, 0.3) is 11.5 Å². The number of halogens is 1. The van der Waals surface area contributed by atoms with Crippen molar-refractivity contribution in [2.24, 2.45) is 0 Å². The number of nitrogens with one attached hydrogen (secondary N) is 1. The second kappa shape index (κ2) is 10.6. The molecule has 0 fully saturated rings. The molecule has 1 amide bonds. The van der Waals surface area contributed by atoms with Crippen LogP contribution in [0.4, 0.5) is 11.5 Å². The minimum Gasteiger partial charge on any atom is -0.452 e. The van der Waals surface area contributed by atoms with Crippen molar-refractivity contribution in [1.29, 1.82) is 0 Å². The molecule has 0 bridgehead atoms. The maximum atomic E-state index is 12.8. The van der Waals surface area contributed by atoms with Gasteiger partial charge >= 0.3 is 11.7 Å². The smallest absolute Gasteiger partial charge is 0.341 e. The lowest BCUT2D eigenvalue weighted by Gasteiger charge is -2.24. The van der Waals surface area contributed by atoms with Gasteiger partial charge in [0, 0.05) is 19.3 Å². The molecule has 2 rings (SSSR count). The summed E-state index contributed by atoms with van der Waals surface area (Å²) in [5, 5.41) is -0.0508. The molecule has 3 N–H and O–H groups in total. The highest BCUT2D eigenvalue weighted by atomic mass is 35.5. The van der Waals surface area contributed by atoms with E-state index in [1.807, 2.05) is 13.8 Å². The summed E-state index contributed by atoms with van der Waals surface area (Å²) in [7, 11) is 0. The molecule has 0 atom stereocenters. The third-order valence-corrected chi connectivity index (χ3v) is 4.57. The van der Waals surface area contributed by atoms with Crippen LogP contribution in [0.15, 0.2) is 27.9 Å². The van der Waals surface area contributed by atoms with Gasteiger partial charge in [0.05, 0.1) is 5.56 Å². The molecule has 0 aromatic carbocycles. The molecule has 30 heavy (non-hydrogen) atoms. The molecule has 11 heteroatoms. The third kappa shape index (κ3) is 5.26. The minimum absolute atomic E-state index is 0.0148. The van der Waals surface area contributed by atoms with Gasteiger partial charge < -0.3 is 15.4 Å². The number of ether oxygens (including phenoxy) is 1. The van der Waals surface area contributed by atoms with Gasteiger partial charge in [-0.05, 0) is 25.0 Å². The normalized spacial score (nSPS) is 10.6. The largest absolute Gasteiger partial charge is 0.452 e. The number of aromatic nitrogens is 3. The molecule has 0 aliphatic carbocycles. The van der Waals surface area contributed by atoms with E-state index in [1.54, 1.807) is 0 Å². The van der Waals surface area contributed by atoms with E-state index in [1.165, 1.54) is 22.9 Å². The van der Waals surface area contributed by atoms with Crippen molar-refractivity contribution < 1.29 is 14.3 Å². The summed E-state index contributed by atoms with van der Waals surface area (Å²) in [4.78, 5) is 56.7. The van der Waals surface area contributed by atoms with Crippen molar-refractivity contribution >= 4 is 35.0 Å². The van der Waals surface area contributed by atoms with Gasteiger partial charge in [-0.1, -0.05) is 31.9 Å². The Bertz CT molecular complexity index is 1030. The van der Waals surface area contributed by atoms with Crippen molar-refractivity contribution in [3.63, 3.8) is 0 Å². The SMILES string of the molecule is CCCCN(C(=O)COC(=O)c1cccnc1Cl)c1c(N)n(CCC)c(=O)[nH]c1=O. The zero-order valence-corrected chi connectivity index (χ0v) is 17.6. The third-order valence-electron chi connectivity index (χ3n) is 4.27. The molecule has 2 heterocycles. The Hall–Kier alpha value is -3.14. The number of amides is 1. The lowest BCUT2D eigenvalue weighted by Crippen LogP contribution is -2.43. The Morgan fingerprint density at radius 1 is 1.30 bits per heavy atom. The fraction of sp³-hybridized carbons (Fsp3) is 0.421. The first-order chi connectivity index (χ1) is 14.3. The number of rotatable bonds is 9. The topological polar surface area (TPSA) is 140 Å². The molecule has 2 aromatic rings. The molecule has 162 valence electrons. The average molecular weight is 438 g/mol. The number of nitrogen functional groups attached to an aromatic ring is 1. The zero-order valence-electron chi connectivity index (χ0n) is 16.8. The standard InChI is InChI=1S/C19H24ClN5O5/c1-3-5-10-24(14-16(21)25(9-4-2)19(29)23-17(14)27)13(26)11-30-18(28)12-7-6-8-22-15(12)20/h6-8H,3-5,9-11,21H2,1-2H3,(H,23,27,29). The van der Waals surface area contributed by atoms with Gasteiger partial charge in [0.2, 0.25) is 0 Å². The average Bonchev–Trinajstić information content (AvgIpc) is 2.71. The maximum absolute atomic E-state index is 12.8. The number of aromatic amines is 1. The summed E-state index contributed by atoms with van der Waals surface area (Å²) in [5.74, 6) is -1.60. The Kier molecular flexibility index (Phi) is 8.16. The molecular formula is C19H24ClN5O5. The van der Waals surface area contributed by atoms with E-state index in [-0.39, 0.29) is 35.3 Å². The Morgan fingerprint density at radius 2 is 2.03 bits per heavy atom. The van der Waals surface area contributed by atoms with Gasteiger partial charge in [0.15, 0.2) is 12.3 Å². The summed E-state index contributed by atoms with van der Waals surface area (Å²) >= 11 is 5.86. The van der Waals surface area contributed by atoms with Crippen LogP contribution >= 0.6 is 11.6 Å². The lowest BCUT2D eigenvalue weighted by molar-refractivity contribution is -0.121. The number of unbranched alkanes of at least 4 members (excludes halogenated alkanes) is 1. The molecule has 2 aromatic heterocycles. The predicted molar refractivity (Wildman–Crippen MR) is 113 cm³/mol. The van der Waals surface area contributed by atoms with Crippen LogP contribution < -0.4 is 21.9 Å². The van der Waals surface area contributed by atoms with Crippen LogP contribution in [-0.2, 0) is 16.1 Å². The predicted octanol–water partition coefficient (Wildman–Crippen LogP) is 1.57. The number of anilines is 2. The van der Waals surface area contributed by atoms with E-state index in [0.717, 1.165) is 11.3 Å². The second-order valence-corrected chi connectivity index (χ2v) is 6.82. The van der Waals surface area contributed by atoms with E-state index in [0.29, 0.717) is 12.8 Å². The molecule has 0 aliphatic rings. The van der Waals surface area contributed by atoms with Crippen molar-refractivity contribution in [2.75, 3.05) is 23.8 Å². The molecule has 0 saturated carbocycles. The Labute approximate surface area is 177 Å². The first-order valence-electron chi connectivity index (χ1n) is 9.52. The molecule has 0 saturated heterocycles. The molecule has 0 spiro atoms. The van der Waals surface area contributed by atoms with Crippen LogP contribution in [0.2, 0.25) is 5.15 Å². The van der Waals surface area contributed by atoms with E-state index in [4.69, 9.17) is 22.1 Å². The van der Waals surface area contributed by atoms with Crippen LogP contribution in [0.3, 0.4) is 0 Å². The van der Waals surface area contributed by atoms with E-state index in [2.05, 4.69) is 9.97 Å². The van der Waals surface area contributed by atoms with E-state index >= 15 is 0 Å². The quantitative estimate of drug-likeness (QED) is 0.448. The number of hydrogen-bond donors (Lipinski definition) is 2. The fourth-order valence-electron chi connectivity index (χ4n) is 2.78. The van der Waals surface area contributed by atoms with Crippen LogP contribution in [0.1, 0.15) is 43.5 Å². The number of H-pyrrole nitrogens is 1. The van der Waals surface area contributed by atoms with Crippen molar-refractivity contribution in [1.82, 2.24) is 14.5 Å². The molecule has 0 unspecified atom stereocenters. The van der Waals surface area contributed by atoms with Gasteiger partial charge in [-0.15, -0.1) is 0 Å². The summed E-state index contributed by atoms with van der Waals surface area (Å²) < 4.78 is 6.26. The zero-order chi connectivity index (χ0) is 22.3. The number of carbonyl (C=O) groups excluding carboxylic acids is 2. The lowest BCUT2D eigenvalue weighted by atomic mass is 10.2. The summed E-state index contributed by atoms with van der Waals surface area (Å²) in [5.41, 5.74) is 4.51. The van der Waals surface area contributed by atoms with Gasteiger partial charge in [-0.25, -0.2) is 14.6 Å². The van der Waals surface area contributed by atoms with Crippen LogP contribution in [0, 0.1) is 0 Å². The number of esters is 1. The number of pyridine rings is 1. The van der Waals surface area contributed by atoms with Crippen molar-refractivity contribution in [2.45, 2.75) is 39.7 Å². The van der Waals surface area contributed by atoms with Gasteiger partial charge in [-0.3, -0.25) is 19.1 Å². The monoisotopic (exact) mass is 437 g/mol. The van der Waals surface area contributed by atoms with Crippen molar-refractivity contribution in [3.05, 3.63) is 49.9 Å². The number of nitrogens with two attached hydrogens (primary N) is 1. The van der Waals surface area contributed by atoms with E-state index < -0.39 is 29.7 Å². The van der Waals surface area contributed by atoms with Gasteiger partial charge in [0.1, 0.15) is 11.0 Å². The summed E-state index contributed by atoms with van der Waals surface area (Å²) in [6, 6.07) is 2.93. The highest BCUT2D eigenvalue weighted by Gasteiger charge is 2.25. The van der Waals surface area contributed by atoms with Gasteiger partial charge in [-0.2, -0.15) is 0 Å². The first kappa shape index (κ1) is 23.1.